The first-order chi connectivity index (χ1) is 17.2. The summed E-state index contributed by atoms with van der Waals surface area (Å²) in [5.74, 6) is 0.583. The van der Waals surface area contributed by atoms with E-state index in [1.807, 2.05) is 38.2 Å². The van der Waals surface area contributed by atoms with Crippen molar-refractivity contribution < 1.29 is 8.42 Å². The van der Waals surface area contributed by atoms with Gasteiger partial charge in [0.1, 0.15) is 5.01 Å². The number of nitrogens with one attached hydrogen (secondary N) is 2. The Morgan fingerprint density at radius 3 is 2.61 bits per heavy atom. The molecule has 0 radical (unpaired) electrons. The molecule has 12 heteroatoms. The summed E-state index contributed by atoms with van der Waals surface area (Å²) in [6.07, 6.45) is 5.96. The third-order valence-electron chi connectivity index (χ3n) is 5.43. The van der Waals surface area contributed by atoms with Crippen molar-refractivity contribution in [2.75, 3.05) is 17.2 Å². The van der Waals surface area contributed by atoms with Gasteiger partial charge >= 0.3 is 0 Å². The molecule has 4 N–H and O–H groups in total. The number of thiazole rings is 1. The van der Waals surface area contributed by atoms with Crippen LogP contribution >= 0.6 is 23.6 Å². The van der Waals surface area contributed by atoms with E-state index in [-0.39, 0.29) is 10.9 Å². The lowest BCUT2D eigenvalue weighted by Gasteiger charge is -2.11. The molecule has 0 spiro atoms. The van der Waals surface area contributed by atoms with Crippen molar-refractivity contribution in [3.63, 3.8) is 0 Å². The van der Waals surface area contributed by atoms with Gasteiger partial charge in [-0.2, -0.15) is 0 Å². The molecule has 9 nitrogen and oxygen atoms in total. The highest BCUT2D eigenvalue weighted by molar-refractivity contribution is 7.89. The van der Waals surface area contributed by atoms with Gasteiger partial charge in [0, 0.05) is 54.7 Å². The van der Waals surface area contributed by atoms with E-state index in [2.05, 4.69) is 43.0 Å². The molecule has 0 saturated heterocycles. The molecular formula is C24H25N7O2S3. The number of primary sulfonamides is 1. The van der Waals surface area contributed by atoms with Gasteiger partial charge in [-0.05, 0) is 62.0 Å². The Morgan fingerprint density at radius 1 is 1.19 bits per heavy atom. The molecule has 0 aliphatic rings. The maximum Gasteiger partial charge on any atom is 0.238 e. The molecule has 0 aliphatic heterocycles. The van der Waals surface area contributed by atoms with Gasteiger partial charge in [0.05, 0.1) is 21.0 Å². The van der Waals surface area contributed by atoms with Crippen molar-refractivity contribution in [2.24, 2.45) is 17.2 Å². The molecule has 0 fully saturated rings. The predicted molar refractivity (Wildman–Crippen MR) is 148 cm³/mol. The molecule has 2 aromatic carbocycles. The zero-order valence-corrected chi connectivity index (χ0v) is 22.1. The maximum atomic E-state index is 12.4. The van der Waals surface area contributed by atoms with Crippen LogP contribution in [0.3, 0.4) is 0 Å². The van der Waals surface area contributed by atoms with Crippen LogP contribution in [0.5, 0.6) is 0 Å². The number of nitrogens with zero attached hydrogens (tertiary/aromatic N) is 4. The van der Waals surface area contributed by atoms with E-state index in [9.17, 15) is 8.42 Å². The summed E-state index contributed by atoms with van der Waals surface area (Å²) in [4.78, 5) is 13.5. The number of nitrogens with two attached hydrogens (primary N) is 1. The molecule has 186 valence electrons. The molecule has 0 bridgehead atoms. The first-order valence-electron chi connectivity index (χ1n) is 11.0. The quantitative estimate of drug-likeness (QED) is 0.193. The number of thiocarbonyl (C=S) groups is 1. The number of aryl methyl sites for hydroxylation is 1. The minimum absolute atomic E-state index is 0.0173. The third kappa shape index (κ3) is 6.23. The standard InChI is InChI=1S/C24H25N7O2S3/c1-16(29-15-34)9-10-26-18-5-3-17(4-6-18)23-28-14-21(35-23)20-8-7-19(13-22(20)36(25,32)33)30-24-27-11-12-31(24)2/h3-8,11-14,16,26H,9-10H2,1-2H3,(H,27,30)(H2,25,32,33). The van der Waals surface area contributed by atoms with E-state index in [0.717, 1.165) is 29.2 Å². The summed E-state index contributed by atoms with van der Waals surface area (Å²) < 4.78 is 26.6. The Balaban J connectivity index is 1.53. The SMILES string of the molecule is CC(CCNc1ccc(-c2ncc(-c3ccc(Nc4nccn4C)cc3S(N)(=O)=O)s2)cc1)N=C=S. The summed E-state index contributed by atoms with van der Waals surface area (Å²) in [6, 6.07) is 13.1. The second kappa shape index (κ2) is 11.1. The van der Waals surface area contributed by atoms with Gasteiger partial charge in [0.2, 0.25) is 16.0 Å². The third-order valence-corrected chi connectivity index (χ3v) is 7.57. The average Bonchev–Trinajstić information content (AvgIpc) is 3.49. The largest absolute Gasteiger partial charge is 0.385 e. The zero-order chi connectivity index (χ0) is 25.7. The molecule has 36 heavy (non-hydrogen) atoms. The van der Waals surface area contributed by atoms with Crippen LogP contribution in [-0.2, 0) is 17.1 Å². The Morgan fingerprint density at radius 2 is 1.94 bits per heavy atom. The number of isothiocyanates is 1. The first-order valence-corrected chi connectivity index (χ1v) is 13.8. The van der Waals surface area contributed by atoms with Gasteiger partial charge in [-0.1, -0.05) is 6.07 Å². The highest BCUT2D eigenvalue weighted by atomic mass is 32.2. The molecular weight excluding hydrogens is 515 g/mol. The molecule has 0 saturated carbocycles. The Labute approximate surface area is 219 Å². The number of anilines is 3. The molecule has 1 atom stereocenters. The van der Waals surface area contributed by atoms with Crippen molar-refractivity contribution in [1.82, 2.24) is 14.5 Å². The molecule has 0 amide bonds. The summed E-state index contributed by atoms with van der Waals surface area (Å²) in [5, 5.41) is 15.2. The van der Waals surface area contributed by atoms with Crippen LogP contribution in [0.4, 0.5) is 17.3 Å². The fourth-order valence-electron chi connectivity index (χ4n) is 3.50. The van der Waals surface area contributed by atoms with Crippen molar-refractivity contribution in [1.29, 1.82) is 0 Å². The van der Waals surface area contributed by atoms with E-state index in [1.165, 1.54) is 17.4 Å². The minimum Gasteiger partial charge on any atom is -0.385 e. The summed E-state index contributed by atoms with van der Waals surface area (Å²) >= 11 is 6.04. The number of hydrogen-bond donors (Lipinski definition) is 3. The van der Waals surface area contributed by atoms with Crippen LogP contribution in [0.1, 0.15) is 13.3 Å². The molecule has 0 aliphatic carbocycles. The first kappa shape index (κ1) is 25.7. The maximum absolute atomic E-state index is 12.4. The predicted octanol–water partition coefficient (Wildman–Crippen LogP) is 4.89. The van der Waals surface area contributed by atoms with Crippen LogP contribution in [0.25, 0.3) is 21.0 Å². The summed E-state index contributed by atoms with van der Waals surface area (Å²) in [5.41, 5.74) is 2.98. The highest BCUT2D eigenvalue weighted by Gasteiger charge is 2.19. The van der Waals surface area contributed by atoms with Gasteiger partial charge in [0.15, 0.2) is 0 Å². The van der Waals surface area contributed by atoms with E-state index >= 15 is 0 Å². The van der Waals surface area contributed by atoms with Gasteiger partial charge in [0.25, 0.3) is 0 Å². The molecule has 2 aromatic heterocycles. The fraction of sp³-hybridized carbons (Fsp3) is 0.208. The topological polar surface area (TPSA) is 127 Å². The number of rotatable bonds is 10. The number of benzene rings is 2. The van der Waals surface area contributed by atoms with Crippen molar-refractivity contribution in [2.45, 2.75) is 24.3 Å². The van der Waals surface area contributed by atoms with E-state index in [1.54, 1.807) is 35.3 Å². The van der Waals surface area contributed by atoms with Crippen LogP contribution < -0.4 is 15.8 Å². The van der Waals surface area contributed by atoms with Gasteiger partial charge in [-0.15, -0.1) is 11.3 Å². The lowest BCUT2D eigenvalue weighted by Crippen LogP contribution is -2.13. The zero-order valence-electron chi connectivity index (χ0n) is 19.7. The monoisotopic (exact) mass is 539 g/mol. The average molecular weight is 540 g/mol. The molecule has 4 rings (SSSR count). The number of aromatic nitrogens is 3. The van der Waals surface area contributed by atoms with Crippen molar-refractivity contribution >= 4 is 56.1 Å². The van der Waals surface area contributed by atoms with E-state index in [4.69, 9.17) is 5.14 Å². The highest BCUT2D eigenvalue weighted by Crippen LogP contribution is 2.37. The molecule has 4 aromatic rings. The molecule has 1 unspecified atom stereocenters. The Bertz CT molecular complexity index is 1500. The number of sulfonamides is 1. The normalized spacial score (nSPS) is 12.1. The van der Waals surface area contributed by atoms with Crippen LogP contribution in [0.15, 0.2) is 70.9 Å². The number of imidazole rings is 1. The van der Waals surface area contributed by atoms with E-state index < -0.39 is 10.0 Å². The Kier molecular flexibility index (Phi) is 7.92. The van der Waals surface area contributed by atoms with Gasteiger partial charge in [-0.3, -0.25) is 0 Å². The minimum atomic E-state index is -3.99. The van der Waals surface area contributed by atoms with E-state index in [0.29, 0.717) is 22.1 Å². The fourth-order valence-corrected chi connectivity index (χ4v) is 5.48. The van der Waals surface area contributed by atoms with Crippen LogP contribution in [0.2, 0.25) is 0 Å². The number of aliphatic imine (C=N–C) groups is 1. The second-order valence-corrected chi connectivity index (χ2v) is 10.9. The smallest absolute Gasteiger partial charge is 0.238 e. The van der Waals surface area contributed by atoms with Gasteiger partial charge < -0.3 is 15.2 Å². The lowest BCUT2D eigenvalue weighted by molar-refractivity contribution is 0.598. The number of hydrogen-bond acceptors (Lipinski definition) is 9. The van der Waals surface area contributed by atoms with Crippen LogP contribution in [0, 0.1) is 0 Å². The van der Waals surface area contributed by atoms with Crippen molar-refractivity contribution in [3.8, 4) is 21.0 Å². The van der Waals surface area contributed by atoms with Crippen LogP contribution in [-0.4, -0.2) is 40.7 Å². The molecule has 2 heterocycles. The van der Waals surface area contributed by atoms with Gasteiger partial charge in [-0.25, -0.2) is 28.5 Å². The van der Waals surface area contributed by atoms with Crippen molar-refractivity contribution in [3.05, 3.63) is 61.1 Å². The summed E-state index contributed by atoms with van der Waals surface area (Å²) in [6.45, 7) is 2.76. The lowest BCUT2D eigenvalue weighted by atomic mass is 10.2. The Hall–Kier alpha value is -3.41. The summed E-state index contributed by atoms with van der Waals surface area (Å²) in [7, 11) is -2.15. The second-order valence-electron chi connectivity index (χ2n) is 8.13.